The summed E-state index contributed by atoms with van der Waals surface area (Å²) in [5.74, 6) is 0.874. The number of halogens is 1. The normalized spacial score (nSPS) is 28.1. The van der Waals surface area contributed by atoms with Crippen LogP contribution in [0, 0.1) is 5.92 Å². The third-order valence-electron chi connectivity index (χ3n) is 4.46. The summed E-state index contributed by atoms with van der Waals surface area (Å²) in [6.07, 6.45) is 4.90. The number of nitrogens with zero attached hydrogens (tertiary/aromatic N) is 1. The maximum Gasteiger partial charge on any atom is 0.113 e. The van der Waals surface area contributed by atoms with Gasteiger partial charge in [-0.2, -0.15) is 0 Å². The molecule has 0 aromatic rings. The maximum absolute atomic E-state index is 14.0. The van der Waals surface area contributed by atoms with Crippen molar-refractivity contribution in [3.05, 3.63) is 0 Å². The van der Waals surface area contributed by atoms with E-state index in [-0.39, 0.29) is 0 Å². The quantitative estimate of drug-likeness (QED) is 0.770. The molecule has 0 saturated carbocycles. The zero-order valence-corrected chi connectivity index (χ0v) is 10.6. The molecule has 2 heterocycles. The Balaban J connectivity index is 1.72. The van der Waals surface area contributed by atoms with Crippen molar-refractivity contribution in [3.63, 3.8) is 0 Å². The van der Waals surface area contributed by atoms with Crippen LogP contribution in [-0.4, -0.2) is 43.3 Å². The van der Waals surface area contributed by atoms with Crippen molar-refractivity contribution in [2.75, 3.05) is 32.7 Å². The van der Waals surface area contributed by atoms with Crippen molar-refractivity contribution in [3.8, 4) is 0 Å². The summed E-state index contributed by atoms with van der Waals surface area (Å²) >= 11 is 0. The van der Waals surface area contributed by atoms with Crippen LogP contribution in [0.25, 0.3) is 0 Å². The molecule has 2 aliphatic heterocycles. The van der Waals surface area contributed by atoms with E-state index in [1.807, 2.05) is 6.92 Å². The van der Waals surface area contributed by atoms with Gasteiger partial charge in [0.1, 0.15) is 5.67 Å². The second-order valence-corrected chi connectivity index (χ2v) is 5.61. The number of hydrogen-bond donors (Lipinski definition) is 1. The Morgan fingerprint density at radius 1 is 1.25 bits per heavy atom. The highest BCUT2D eigenvalue weighted by molar-refractivity contribution is 4.85. The smallest absolute Gasteiger partial charge is 0.113 e. The van der Waals surface area contributed by atoms with Crippen LogP contribution in [0.5, 0.6) is 0 Å². The average Bonchev–Trinajstić information content (AvgIpc) is 2.34. The predicted molar refractivity (Wildman–Crippen MR) is 64.2 cm³/mol. The molecule has 0 unspecified atom stereocenters. The van der Waals surface area contributed by atoms with Gasteiger partial charge in [-0.15, -0.1) is 0 Å². The third-order valence-corrected chi connectivity index (χ3v) is 4.46. The van der Waals surface area contributed by atoms with E-state index in [0.717, 1.165) is 31.8 Å². The molecule has 2 aliphatic rings. The number of likely N-dealkylation sites (tertiary alicyclic amines) is 1. The van der Waals surface area contributed by atoms with E-state index >= 15 is 0 Å². The summed E-state index contributed by atoms with van der Waals surface area (Å²) in [6, 6.07) is 0. The highest BCUT2D eigenvalue weighted by Gasteiger charge is 2.33. The van der Waals surface area contributed by atoms with Crippen LogP contribution in [0.2, 0.25) is 0 Å². The molecule has 0 spiro atoms. The first-order valence-corrected chi connectivity index (χ1v) is 6.95. The van der Waals surface area contributed by atoms with Gasteiger partial charge >= 0.3 is 0 Å². The van der Waals surface area contributed by atoms with E-state index in [1.165, 1.54) is 32.5 Å². The maximum atomic E-state index is 14.0. The van der Waals surface area contributed by atoms with Crippen molar-refractivity contribution in [2.24, 2.45) is 5.92 Å². The van der Waals surface area contributed by atoms with Crippen molar-refractivity contribution in [1.29, 1.82) is 0 Å². The second-order valence-electron chi connectivity index (χ2n) is 5.61. The lowest BCUT2D eigenvalue weighted by Crippen LogP contribution is -2.86. The van der Waals surface area contributed by atoms with Crippen molar-refractivity contribution in [1.82, 2.24) is 4.90 Å². The van der Waals surface area contributed by atoms with Crippen molar-refractivity contribution in [2.45, 2.75) is 44.7 Å². The van der Waals surface area contributed by atoms with Gasteiger partial charge in [0.05, 0.1) is 13.1 Å². The first-order chi connectivity index (χ1) is 7.72. The Morgan fingerprint density at radius 2 is 1.88 bits per heavy atom. The zero-order valence-electron chi connectivity index (χ0n) is 10.6. The first-order valence-electron chi connectivity index (χ1n) is 6.95. The molecule has 0 aromatic heterocycles. The summed E-state index contributed by atoms with van der Waals surface area (Å²) in [5, 5.41) is 2.41. The lowest BCUT2D eigenvalue weighted by Gasteiger charge is -2.37. The molecule has 0 radical (unpaired) electrons. The van der Waals surface area contributed by atoms with Gasteiger partial charge in [-0.3, -0.25) is 0 Å². The van der Waals surface area contributed by atoms with Gasteiger partial charge in [-0.25, -0.2) is 4.39 Å². The van der Waals surface area contributed by atoms with Crippen LogP contribution >= 0.6 is 0 Å². The topological polar surface area (TPSA) is 19.9 Å². The highest BCUT2D eigenvalue weighted by Crippen LogP contribution is 2.30. The Morgan fingerprint density at radius 3 is 2.44 bits per heavy atom. The summed E-state index contributed by atoms with van der Waals surface area (Å²) < 4.78 is 14.0. The molecule has 0 aromatic carbocycles. The van der Waals surface area contributed by atoms with E-state index < -0.39 is 5.67 Å². The molecule has 16 heavy (non-hydrogen) atoms. The van der Waals surface area contributed by atoms with Crippen LogP contribution < -0.4 is 5.32 Å². The Kier molecular flexibility index (Phi) is 4.20. The number of quaternary nitrogens is 1. The second kappa shape index (κ2) is 5.46. The Hall–Kier alpha value is -0.150. The zero-order chi connectivity index (χ0) is 11.4. The molecular formula is C13H26FN2+. The molecule has 0 aliphatic carbocycles. The van der Waals surface area contributed by atoms with Gasteiger partial charge in [-0.05, 0) is 25.2 Å². The molecule has 94 valence electrons. The molecule has 2 N–H and O–H groups in total. The minimum Gasteiger partial charge on any atom is -0.346 e. The van der Waals surface area contributed by atoms with Gasteiger partial charge in [0.15, 0.2) is 0 Å². The number of nitrogens with two attached hydrogens (primary N) is 1. The lowest BCUT2D eigenvalue weighted by atomic mass is 9.89. The summed E-state index contributed by atoms with van der Waals surface area (Å²) in [7, 11) is 0. The van der Waals surface area contributed by atoms with Crippen LogP contribution in [-0.2, 0) is 0 Å². The standard InChI is InChI=1S/C13H25FN2/c1-2-13(14)5-9-16(10-6-13)11-12-3-7-15-8-4-12/h12,15H,2-11H2,1H3/p+1. The summed E-state index contributed by atoms with van der Waals surface area (Å²) in [4.78, 5) is 2.49. The summed E-state index contributed by atoms with van der Waals surface area (Å²) in [5.41, 5.74) is -0.850. The molecule has 3 heteroatoms. The summed E-state index contributed by atoms with van der Waals surface area (Å²) in [6.45, 7) is 7.73. The third kappa shape index (κ3) is 3.17. The van der Waals surface area contributed by atoms with Crippen LogP contribution in [0.3, 0.4) is 0 Å². The monoisotopic (exact) mass is 229 g/mol. The molecule has 2 rings (SSSR count). The fourth-order valence-electron chi connectivity index (χ4n) is 3.03. The van der Waals surface area contributed by atoms with Crippen LogP contribution in [0.1, 0.15) is 39.0 Å². The van der Waals surface area contributed by atoms with E-state index in [2.05, 4.69) is 10.2 Å². The van der Waals surface area contributed by atoms with E-state index in [9.17, 15) is 4.39 Å². The number of piperidine rings is 2. The van der Waals surface area contributed by atoms with Gasteiger partial charge in [-0.1, -0.05) is 6.92 Å². The molecule has 0 atom stereocenters. The SMILES string of the molecule is CCC1(F)CCN(CC2CC[NH2+]CC2)CC1. The minimum absolute atomic E-state index is 0.694. The molecule has 2 nitrogen and oxygen atoms in total. The fourth-order valence-corrected chi connectivity index (χ4v) is 3.03. The Bertz CT molecular complexity index is 206. The molecule has 0 amide bonds. The predicted octanol–water partition coefficient (Wildman–Crippen LogP) is 1.17. The Labute approximate surface area is 98.6 Å². The van der Waals surface area contributed by atoms with Gasteiger partial charge in [0.25, 0.3) is 0 Å². The average molecular weight is 229 g/mol. The van der Waals surface area contributed by atoms with E-state index in [1.54, 1.807) is 0 Å². The van der Waals surface area contributed by atoms with Gasteiger partial charge < -0.3 is 10.2 Å². The van der Waals surface area contributed by atoms with Crippen LogP contribution in [0.4, 0.5) is 4.39 Å². The molecular weight excluding hydrogens is 203 g/mol. The van der Waals surface area contributed by atoms with Crippen molar-refractivity contribution < 1.29 is 9.71 Å². The van der Waals surface area contributed by atoms with E-state index in [0.29, 0.717) is 6.42 Å². The van der Waals surface area contributed by atoms with Crippen LogP contribution in [0.15, 0.2) is 0 Å². The fraction of sp³-hybridized carbons (Fsp3) is 1.00. The highest BCUT2D eigenvalue weighted by atomic mass is 19.1. The minimum atomic E-state index is -0.850. The van der Waals surface area contributed by atoms with Crippen molar-refractivity contribution >= 4 is 0 Å². The van der Waals surface area contributed by atoms with Gasteiger partial charge in [0.2, 0.25) is 0 Å². The largest absolute Gasteiger partial charge is 0.346 e. The molecule has 2 saturated heterocycles. The molecule has 2 fully saturated rings. The number of hydrogen-bond acceptors (Lipinski definition) is 1. The number of alkyl halides is 1. The first kappa shape index (κ1) is 12.3. The molecule has 0 bridgehead atoms. The number of rotatable bonds is 3. The van der Waals surface area contributed by atoms with Gasteiger partial charge in [0, 0.05) is 32.5 Å². The lowest BCUT2D eigenvalue weighted by molar-refractivity contribution is -0.664. The van der Waals surface area contributed by atoms with E-state index in [4.69, 9.17) is 0 Å².